The van der Waals surface area contributed by atoms with Crippen molar-refractivity contribution >= 4 is 23.6 Å². The number of thioether (sulfide) groups is 1. The molecule has 2 heterocycles. The Morgan fingerprint density at radius 2 is 1.90 bits per heavy atom. The molecule has 2 N–H and O–H groups in total. The van der Waals surface area contributed by atoms with E-state index < -0.39 is 5.25 Å². The van der Waals surface area contributed by atoms with E-state index in [-0.39, 0.29) is 11.8 Å². The summed E-state index contributed by atoms with van der Waals surface area (Å²) in [6.45, 7) is 1.77. The lowest BCUT2D eigenvalue weighted by Gasteiger charge is -2.14. The van der Waals surface area contributed by atoms with Crippen molar-refractivity contribution in [3.63, 3.8) is 0 Å². The van der Waals surface area contributed by atoms with Crippen molar-refractivity contribution in [1.29, 1.82) is 0 Å². The average Bonchev–Trinajstić information content (AvgIpc) is 3.52. The molecule has 1 atom stereocenters. The number of nitrogens with zero attached hydrogens (tertiary/aromatic N) is 4. The van der Waals surface area contributed by atoms with Gasteiger partial charge >= 0.3 is 0 Å². The number of rotatable bonds is 6. The molecule has 0 aliphatic heterocycles. The first-order chi connectivity index (χ1) is 14.1. The van der Waals surface area contributed by atoms with Crippen LogP contribution in [0, 0.1) is 0 Å². The SMILES string of the molecule is C[C@H](Sc1nnc(-c2cccnc2)n1C1CC1)C(=O)NNC(=O)c1ccccc1. The third-order valence-electron chi connectivity index (χ3n) is 4.48. The van der Waals surface area contributed by atoms with E-state index in [1.54, 1.807) is 43.6 Å². The minimum atomic E-state index is -0.463. The summed E-state index contributed by atoms with van der Waals surface area (Å²) in [6.07, 6.45) is 5.60. The Bertz CT molecular complexity index is 1000. The van der Waals surface area contributed by atoms with Gasteiger partial charge in [-0.25, -0.2) is 0 Å². The molecule has 2 amide bonds. The van der Waals surface area contributed by atoms with Crippen molar-refractivity contribution in [3.05, 3.63) is 60.4 Å². The number of aromatic nitrogens is 4. The van der Waals surface area contributed by atoms with Gasteiger partial charge in [0.25, 0.3) is 11.8 Å². The first-order valence-corrected chi connectivity index (χ1v) is 10.2. The summed E-state index contributed by atoms with van der Waals surface area (Å²) < 4.78 is 2.08. The van der Waals surface area contributed by atoms with Gasteiger partial charge in [-0.3, -0.25) is 30.0 Å². The smallest absolute Gasteiger partial charge is 0.269 e. The number of nitrogens with one attached hydrogen (secondary N) is 2. The van der Waals surface area contributed by atoms with Gasteiger partial charge in [0.1, 0.15) is 0 Å². The standard InChI is InChI=1S/C20H20N6O2S/c1-13(18(27)23-24-19(28)14-6-3-2-4-7-14)29-20-25-22-17(26(20)16-9-10-16)15-8-5-11-21-12-15/h2-8,11-13,16H,9-10H2,1H3,(H,23,27)(H,24,28)/t13-/m0/s1. The normalized spacial score (nSPS) is 14.2. The molecule has 1 aliphatic carbocycles. The molecule has 1 aliphatic rings. The fourth-order valence-electron chi connectivity index (χ4n) is 2.80. The second-order valence-electron chi connectivity index (χ2n) is 6.72. The van der Waals surface area contributed by atoms with E-state index >= 15 is 0 Å². The van der Waals surface area contributed by atoms with Crippen LogP contribution in [0.25, 0.3) is 11.4 Å². The molecule has 0 unspecified atom stereocenters. The highest BCUT2D eigenvalue weighted by atomic mass is 32.2. The molecule has 1 saturated carbocycles. The number of carbonyl (C=O) groups is 2. The molecule has 148 valence electrons. The topological polar surface area (TPSA) is 102 Å². The molecular formula is C20H20N6O2S. The van der Waals surface area contributed by atoms with Crippen molar-refractivity contribution in [2.45, 2.75) is 36.2 Å². The minimum absolute atomic E-state index is 0.312. The van der Waals surface area contributed by atoms with Gasteiger partial charge < -0.3 is 0 Å². The highest BCUT2D eigenvalue weighted by Gasteiger charge is 2.31. The van der Waals surface area contributed by atoms with Crippen LogP contribution in [0.4, 0.5) is 0 Å². The quantitative estimate of drug-likeness (QED) is 0.480. The van der Waals surface area contributed by atoms with E-state index in [0.717, 1.165) is 24.2 Å². The average molecular weight is 408 g/mol. The van der Waals surface area contributed by atoms with Crippen molar-refractivity contribution in [1.82, 2.24) is 30.6 Å². The third kappa shape index (κ3) is 4.45. The van der Waals surface area contributed by atoms with Crippen LogP contribution in [-0.4, -0.2) is 36.8 Å². The lowest BCUT2D eigenvalue weighted by molar-refractivity contribution is -0.121. The minimum Gasteiger partial charge on any atom is -0.299 e. The van der Waals surface area contributed by atoms with E-state index in [1.807, 2.05) is 18.2 Å². The van der Waals surface area contributed by atoms with Crippen molar-refractivity contribution in [2.24, 2.45) is 0 Å². The molecule has 9 heteroatoms. The lowest BCUT2D eigenvalue weighted by Crippen LogP contribution is -2.44. The Morgan fingerprint density at radius 1 is 1.10 bits per heavy atom. The van der Waals surface area contributed by atoms with Crippen LogP contribution in [-0.2, 0) is 4.79 Å². The Hall–Kier alpha value is -3.20. The maximum absolute atomic E-state index is 12.4. The van der Waals surface area contributed by atoms with Gasteiger partial charge in [-0.05, 0) is 44.0 Å². The number of benzene rings is 1. The van der Waals surface area contributed by atoms with Gasteiger partial charge in [0.05, 0.1) is 5.25 Å². The molecule has 0 bridgehead atoms. The molecular weight excluding hydrogens is 388 g/mol. The zero-order chi connectivity index (χ0) is 20.2. The number of hydrogen-bond donors (Lipinski definition) is 2. The van der Waals surface area contributed by atoms with Gasteiger partial charge in [0.15, 0.2) is 11.0 Å². The molecule has 0 spiro atoms. The second-order valence-corrected chi connectivity index (χ2v) is 8.03. The number of hydrogen-bond acceptors (Lipinski definition) is 6. The summed E-state index contributed by atoms with van der Waals surface area (Å²) >= 11 is 1.32. The van der Waals surface area contributed by atoms with Gasteiger partial charge in [-0.2, -0.15) is 0 Å². The van der Waals surface area contributed by atoms with Crippen molar-refractivity contribution in [3.8, 4) is 11.4 Å². The first-order valence-electron chi connectivity index (χ1n) is 9.30. The number of carbonyl (C=O) groups excluding carboxylic acids is 2. The number of pyridine rings is 1. The van der Waals surface area contributed by atoms with Gasteiger partial charge in [-0.15, -0.1) is 10.2 Å². The van der Waals surface area contributed by atoms with E-state index in [0.29, 0.717) is 16.8 Å². The number of amides is 2. The van der Waals surface area contributed by atoms with Gasteiger partial charge in [0, 0.05) is 29.6 Å². The van der Waals surface area contributed by atoms with Crippen LogP contribution in [0.15, 0.2) is 60.0 Å². The van der Waals surface area contributed by atoms with Crippen LogP contribution >= 0.6 is 11.8 Å². The molecule has 0 radical (unpaired) electrons. The Balaban J connectivity index is 1.42. The van der Waals surface area contributed by atoms with Crippen LogP contribution in [0.2, 0.25) is 0 Å². The summed E-state index contributed by atoms with van der Waals surface area (Å²) in [5.74, 6) is 0.0804. The zero-order valence-corrected chi connectivity index (χ0v) is 16.6. The van der Waals surface area contributed by atoms with Gasteiger partial charge in [-0.1, -0.05) is 30.0 Å². The van der Waals surface area contributed by atoms with Crippen molar-refractivity contribution in [2.75, 3.05) is 0 Å². The molecule has 8 nitrogen and oxygen atoms in total. The summed E-state index contributed by atoms with van der Waals surface area (Å²) in [4.78, 5) is 28.7. The molecule has 1 aromatic carbocycles. The lowest BCUT2D eigenvalue weighted by atomic mass is 10.2. The van der Waals surface area contributed by atoms with Crippen LogP contribution < -0.4 is 10.9 Å². The zero-order valence-electron chi connectivity index (χ0n) is 15.8. The Morgan fingerprint density at radius 3 is 2.59 bits per heavy atom. The third-order valence-corrected chi connectivity index (χ3v) is 5.54. The number of hydrazine groups is 1. The van der Waals surface area contributed by atoms with Crippen molar-refractivity contribution < 1.29 is 9.59 Å². The van der Waals surface area contributed by atoms with E-state index in [9.17, 15) is 9.59 Å². The van der Waals surface area contributed by atoms with Crippen LogP contribution in [0.1, 0.15) is 36.2 Å². The predicted octanol–water partition coefficient (Wildman–Crippen LogP) is 2.62. The molecule has 29 heavy (non-hydrogen) atoms. The molecule has 2 aromatic heterocycles. The second kappa shape index (κ2) is 8.44. The van der Waals surface area contributed by atoms with E-state index in [1.165, 1.54) is 11.8 Å². The summed E-state index contributed by atoms with van der Waals surface area (Å²) in [7, 11) is 0. The molecule has 0 saturated heterocycles. The molecule has 3 aromatic rings. The monoisotopic (exact) mass is 408 g/mol. The maximum Gasteiger partial charge on any atom is 0.269 e. The maximum atomic E-state index is 12.4. The van der Waals surface area contributed by atoms with Crippen LogP contribution in [0.5, 0.6) is 0 Å². The Labute approximate surface area is 172 Å². The van der Waals surface area contributed by atoms with Crippen LogP contribution in [0.3, 0.4) is 0 Å². The fraction of sp³-hybridized carbons (Fsp3) is 0.250. The summed E-state index contributed by atoms with van der Waals surface area (Å²) in [6, 6.07) is 12.9. The predicted molar refractivity (Wildman–Crippen MR) is 109 cm³/mol. The largest absolute Gasteiger partial charge is 0.299 e. The highest BCUT2D eigenvalue weighted by molar-refractivity contribution is 8.00. The van der Waals surface area contributed by atoms with E-state index in [2.05, 4.69) is 30.6 Å². The van der Waals surface area contributed by atoms with E-state index in [4.69, 9.17) is 0 Å². The summed E-state index contributed by atoms with van der Waals surface area (Å²) in [5, 5.41) is 8.84. The van der Waals surface area contributed by atoms with Gasteiger partial charge in [0.2, 0.25) is 0 Å². The Kier molecular flexibility index (Phi) is 5.57. The highest BCUT2D eigenvalue weighted by Crippen LogP contribution is 2.41. The summed E-state index contributed by atoms with van der Waals surface area (Å²) in [5.41, 5.74) is 6.29. The fourth-order valence-corrected chi connectivity index (χ4v) is 3.72. The molecule has 4 rings (SSSR count). The molecule has 1 fully saturated rings. The first kappa shape index (κ1) is 19.1.